The molecule has 2 aromatic carbocycles. The number of fused-ring (bicyclic) bond motifs is 1. The molecule has 8 heteroatoms. The van der Waals surface area contributed by atoms with Gasteiger partial charge in [0, 0.05) is 31.3 Å². The van der Waals surface area contributed by atoms with Crippen molar-refractivity contribution in [2.75, 3.05) is 19.5 Å². The lowest BCUT2D eigenvalue weighted by atomic mass is 10.1. The van der Waals surface area contributed by atoms with Gasteiger partial charge in [0.05, 0.1) is 31.8 Å². The van der Waals surface area contributed by atoms with Crippen molar-refractivity contribution >= 4 is 11.6 Å². The van der Waals surface area contributed by atoms with Gasteiger partial charge in [-0.25, -0.2) is 4.98 Å². The van der Waals surface area contributed by atoms with Crippen LogP contribution in [0, 0.1) is 0 Å². The van der Waals surface area contributed by atoms with Crippen molar-refractivity contribution in [3.8, 4) is 34.0 Å². The van der Waals surface area contributed by atoms with Gasteiger partial charge in [0.2, 0.25) is 0 Å². The summed E-state index contributed by atoms with van der Waals surface area (Å²) in [6.45, 7) is 1.00. The largest absolute Gasteiger partial charge is 0.497 e. The molecule has 1 aliphatic rings. The molecule has 2 aromatic heterocycles. The van der Waals surface area contributed by atoms with Gasteiger partial charge in [0.1, 0.15) is 23.0 Å². The average molecular weight is 444 g/mol. The second-order valence-corrected chi connectivity index (χ2v) is 7.95. The fourth-order valence-corrected chi connectivity index (χ4v) is 4.23. The number of nitrogens with one attached hydrogen (secondary N) is 1. The Hall–Kier alpha value is -4.07. The molecule has 3 heterocycles. The molecular formula is C25H25N5O3. The van der Waals surface area contributed by atoms with Gasteiger partial charge in [-0.05, 0) is 48.4 Å². The average Bonchev–Trinajstić information content (AvgIpc) is 3.55. The van der Waals surface area contributed by atoms with Crippen molar-refractivity contribution < 1.29 is 14.3 Å². The maximum atomic E-state index is 13.0. The third-order valence-corrected chi connectivity index (χ3v) is 5.95. The highest BCUT2D eigenvalue weighted by atomic mass is 16.5. The van der Waals surface area contributed by atoms with Crippen molar-refractivity contribution in [2.24, 2.45) is 7.05 Å². The van der Waals surface area contributed by atoms with E-state index >= 15 is 0 Å². The van der Waals surface area contributed by atoms with Crippen molar-refractivity contribution in [3.05, 3.63) is 66.2 Å². The van der Waals surface area contributed by atoms with Crippen molar-refractivity contribution in [1.29, 1.82) is 0 Å². The first-order valence-corrected chi connectivity index (χ1v) is 10.8. The molecular weight excluding hydrogens is 418 g/mol. The first-order chi connectivity index (χ1) is 16.1. The van der Waals surface area contributed by atoms with E-state index in [1.807, 2.05) is 48.7 Å². The Morgan fingerprint density at radius 1 is 1.06 bits per heavy atom. The standard InChI is InChI=1S/C25H25N5O3/c1-29-21(14-20(28-29)19-13-18(32-2)10-11-23(19)33-3)25(31)27-17-8-6-16(7-9-17)22-15-26-24-5-4-12-30(22)24/h6-11,13-15H,4-5,12H2,1-3H3,(H,27,31). The molecule has 4 aromatic rings. The Kier molecular flexibility index (Phi) is 5.34. The third-order valence-electron chi connectivity index (χ3n) is 5.95. The maximum Gasteiger partial charge on any atom is 0.273 e. The molecule has 0 spiro atoms. The fourth-order valence-electron chi connectivity index (χ4n) is 4.23. The SMILES string of the molecule is COc1ccc(OC)c(-c2cc(C(=O)Nc3ccc(-c4cnc5n4CCC5)cc3)n(C)n2)c1. The highest BCUT2D eigenvalue weighted by Crippen LogP contribution is 2.33. The van der Waals surface area contributed by atoms with Crippen LogP contribution in [0.3, 0.4) is 0 Å². The highest BCUT2D eigenvalue weighted by molar-refractivity contribution is 6.03. The number of hydrogen-bond acceptors (Lipinski definition) is 5. The quantitative estimate of drug-likeness (QED) is 0.484. The lowest BCUT2D eigenvalue weighted by molar-refractivity contribution is 0.101. The van der Waals surface area contributed by atoms with Crippen LogP contribution in [0.2, 0.25) is 0 Å². The summed E-state index contributed by atoms with van der Waals surface area (Å²) in [5, 5.41) is 7.48. The summed E-state index contributed by atoms with van der Waals surface area (Å²) in [6, 6.07) is 15.1. The van der Waals surface area contributed by atoms with Gasteiger partial charge in [-0.3, -0.25) is 9.48 Å². The van der Waals surface area contributed by atoms with E-state index < -0.39 is 0 Å². The van der Waals surface area contributed by atoms with E-state index in [2.05, 4.69) is 20.0 Å². The smallest absolute Gasteiger partial charge is 0.273 e. The van der Waals surface area contributed by atoms with Crippen molar-refractivity contribution in [1.82, 2.24) is 19.3 Å². The molecule has 0 fully saturated rings. The first kappa shape index (κ1) is 20.8. The van der Waals surface area contributed by atoms with Crippen LogP contribution in [0.4, 0.5) is 5.69 Å². The van der Waals surface area contributed by atoms with E-state index in [0.29, 0.717) is 28.6 Å². The molecule has 168 valence electrons. The van der Waals surface area contributed by atoms with Gasteiger partial charge in [0.25, 0.3) is 5.91 Å². The predicted octanol–water partition coefficient (Wildman–Crippen LogP) is 4.17. The summed E-state index contributed by atoms with van der Waals surface area (Å²) >= 11 is 0. The van der Waals surface area contributed by atoms with Gasteiger partial charge in [-0.15, -0.1) is 0 Å². The van der Waals surface area contributed by atoms with Crippen LogP contribution in [0.25, 0.3) is 22.5 Å². The number of ether oxygens (including phenoxy) is 2. The Balaban J connectivity index is 1.36. The summed E-state index contributed by atoms with van der Waals surface area (Å²) in [5.41, 5.74) is 4.73. The lowest BCUT2D eigenvalue weighted by Gasteiger charge is -2.08. The Morgan fingerprint density at radius 3 is 2.64 bits per heavy atom. The summed E-state index contributed by atoms with van der Waals surface area (Å²) in [6.07, 6.45) is 4.09. The molecule has 8 nitrogen and oxygen atoms in total. The molecule has 5 rings (SSSR count). The molecule has 0 saturated heterocycles. The summed E-state index contributed by atoms with van der Waals surface area (Å²) in [5.74, 6) is 2.24. The zero-order valence-corrected chi connectivity index (χ0v) is 18.8. The number of amides is 1. The maximum absolute atomic E-state index is 13.0. The molecule has 0 unspecified atom stereocenters. The number of carbonyl (C=O) groups is 1. The second-order valence-electron chi connectivity index (χ2n) is 7.95. The number of methoxy groups -OCH3 is 2. The van der Waals surface area contributed by atoms with E-state index in [1.54, 1.807) is 32.0 Å². The third kappa shape index (κ3) is 3.84. The number of aromatic nitrogens is 4. The summed E-state index contributed by atoms with van der Waals surface area (Å²) < 4.78 is 14.6. The summed E-state index contributed by atoms with van der Waals surface area (Å²) in [4.78, 5) is 17.5. The second kappa shape index (κ2) is 8.46. The normalized spacial score (nSPS) is 12.5. The predicted molar refractivity (Wildman–Crippen MR) is 126 cm³/mol. The molecule has 0 aliphatic carbocycles. The monoisotopic (exact) mass is 443 g/mol. The minimum atomic E-state index is -0.240. The van der Waals surface area contributed by atoms with E-state index in [0.717, 1.165) is 42.0 Å². The van der Waals surface area contributed by atoms with E-state index in [-0.39, 0.29) is 5.91 Å². The number of benzene rings is 2. The van der Waals surface area contributed by atoms with Gasteiger partial charge >= 0.3 is 0 Å². The van der Waals surface area contributed by atoms with E-state index in [4.69, 9.17) is 9.47 Å². The van der Waals surface area contributed by atoms with Gasteiger partial charge in [-0.1, -0.05) is 12.1 Å². The molecule has 33 heavy (non-hydrogen) atoms. The minimum absolute atomic E-state index is 0.240. The van der Waals surface area contributed by atoms with Gasteiger partial charge in [-0.2, -0.15) is 5.10 Å². The van der Waals surface area contributed by atoms with Gasteiger partial charge < -0.3 is 19.4 Å². The number of rotatable bonds is 6. The highest BCUT2D eigenvalue weighted by Gasteiger charge is 2.19. The van der Waals surface area contributed by atoms with Crippen molar-refractivity contribution in [3.63, 3.8) is 0 Å². The molecule has 0 atom stereocenters. The van der Waals surface area contributed by atoms with Crippen molar-refractivity contribution in [2.45, 2.75) is 19.4 Å². The van der Waals surface area contributed by atoms with Crippen LogP contribution in [0.1, 0.15) is 22.7 Å². The summed E-state index contributed by atoms with van der Waals surface area (Å²) in [7, 11) is 4.95. The Bertz CT molecular complexity index is 1320. The molecule has 1 amide bonds. The molecule has 0 bridgehead atoms. The zero-order chi connectivity index (χ0) is 22.9. The van der Waals surface area contributed by atoms with Crippen LogP contribution < -0.4 is 14.8 Å². The van der Waals surface area contributed by atoms with Gasteiger partial charge in [0.15, 0.2) is 0 Å². The molecule has 1 aliphatic heterocycles. The van der Waals surface area contributed by atoms with Crippen LogP contribution in [0.5, 0.6) is 11.5 Å². The number of carbonyl (C=O) groups excluding carboxylic acids is 1. The van der Waals surface area contributed by atoms with Crippen LogP contribution in [0.15, 0.2) is 54.7 Å². The fraction of sp³-hybridized carbons (Fsp3) is 0.240. The van der Waals surface area contributed by atoms with Crippen LogP contribution in [-0.2, 0) is 20.0 Å². The van der Waals surface area contributed by atoms with Crippen LogP contribution >= 0.6 is 0 Å². The Labute approximate surface area is 191 Å². The number of anilines is 1. The molecule has 1 N–H and O–H groups in total. The Morgan fingerprint density at radius 2 is 1.88 bits per heavy atom. The number of nitrogens with zero attached hydrogens (tertiary/aromatic N) is 4. The molecule has 0 radical (unpaired) electrons. The lowest BCUT2D eigenvalue weighted by Crippen LogP contribution is -2.15. The number of hydrogen-bond donors (Lipinski definition) is 1. The minimum Gasteiger partial charge on any atom is -0.497 e. The topological polar surface area (TPSA) is 83.2 Å². The number of aryl methyl sites for hydroxylation is 2. The van der Waals surface area contributed by atoms with E-state index in [9.17, 15) is 4.79 Å². The first-order valence-electron chi connectivity index (χ1n) is 10.8. The van der Waals surface area contributed by atoms with E-state index in [1.165, 1.54) is 0 Å². The van der Waals surface area contributed by atoms with Crippen LogP contribution in [-0.4, -0.2) is 39.5 Å². The number of imidazole rings is 1. The molecule has 0 saturated carbocycles. The zero-order valence-electron chi connectivity index (χ0n) is 18.8.